The molecule has 0 unspecified atom stereocenters. The fourth-order valence-electron chi connectivity index (χ4n) is 2.32. The molecule has 2 aromatic carbocycles. The van der Waals surface area contributed by atoms with Crippen LogP contribution in [0.25, 0.3) is 0 Å². The smallest absolute Gasteiger partial charge is 0.294 e. The van der Waals surface area contributed by atoms with Crippen molar-refractivity contribution in [3.8, 4) is 0 Å². The number of hydrogen-bond donors (Lipinski definition) is 0. The van der Waals surface area contributed by atoms with Gasteiger partial charge in [-0.05, 0) is 12.1 Å². The summed E-state index contributed by atoms with van der Waals surface area (Å²) < 4.78 is 13.9. The number of amides is 1. The minimum atomic E-state index is -0.876. The molecule has 0 aliphatic carbocycles. The predicted molar refractivity (Wildman–Crippen MR) is 73.9 cm³/mol. The maximum absolute atomic E-state index is 13.9. The van der Waals surface area contributed by atoms with Gasteiger partial charge in [0.25, 0.3) is 11.7 Å². The third-order valence-corrected chi connectivity index (χ3v) is 3.34. The molecule has 5 heteroatoms. The molecule has 1 heterocycles. The molecule has 0 radical (unpaired) electrons. The van der Waals surface area contributed by atoms with E-state index in [1.54, 1.807) is 30.3 Å². The van der Waals surface area contributed by atoms with Crippen LogP contribution >= 0.6 is 0 Å². The summed E-state index contributed by atoms with van der Waals surface area (Å²) in [5, 5.41) is 0. The van der Waals surface area contributed by atoms with Crippen molar-refractivity contribution in [2.24, 2.45) is 0 Å². The second-order valence-corrected chi connectivity index (χ2v) is 4.65. The average Bonchev–Trinajstić information content (AvgIpc) is 2.74. The molecule has 1 amide bonds. The highest BCUT2D eigenvalue weighted by atomic mass is 19.1. The van der Waals surface area contributed by atoms with Crippen LogP contribution in [0.3, 0.4) is 0 Å². The van der Waals surface area contributed by atoms with Crippen LogP contribution in [-0.4, -0.2) is 24.0 Å². The van der Waals surface area contributed by atoms with Crippen molar-refractivity contribution in [3.05, 3.63) is 65.5 Å². The Hall–Kier alpha value is -2.82. The SMILES string of the molecule is O=C(CN1C(=O)C(=O)c2cccc(F)c21)c1ccccc1. The van der Waals surface area contributed by atoms with Gasteiger partial charge >= 0.3 is 0 Å². The summed E-state index contributed by atoms with van der Waals surface area (Å²) in [6.45, 7) is -0.359. The molecular formula is C16H10FNO3. The van der Waals surface area contributed by atoms with Crippen LogP contribution < -0.4 is 4.90 Å². The molecule has 0 N–H and O–H groups in total. The summed E-state index contributed by atoms with van der Waals surface area (Å²) in [4.78, 5) is 36.8. The second-order valence-electron chi connectivity index (χ2n) is 4.65. The molecule has 0 aromatic heterocycles. The molecule has 0 saturated carbocycles. The topological polar surface area (TPSA) is 54.5 Å². The van der Waals surface area contributed by atoms with Crippen LogP contribution in [0.15, 0.2) is 48.5 Å². The van der Waals surface area contributed by atoms with E-state index in [0.717, 1.165) is 11.0 Å². The van der Waals surface area contributed by atoms with Crippen LogP contribution in [0.1, 0.15) is 20.7 Å². The molecule has 0 bridgehead atoms. The molecular weight excluding hydrogens is 273 g/mol. The molecule has 3 rings (SSSR count). The number of halogens is 1. The average molecular weight is 283 g/mol. The highest BCUT2D eigenvalue weighted by Crippen LogP contribution is 2.31. The summed E-state index contributed by atoms with van der Waals surface area (Å²) in [6.07, 6.45) is 0. The second kappa shape index (κ2) is 4.94. The van der Waals surface area contributed by atoms with Crippen LogP contribution in [0.4, 0.5) is 10.1 Å². The molecule has 1 aliphatic heterocycles. The van der Waals surface area contributed by atoms with Crippen LogP contribution in [-0.2, 0) is 4.79 Å². The Morgan fingerprint density at radius 1 is 1.00 bits per heavy atom. The lowest BCUT2D eigenvalue weighted by Crippen LogP contribution is -2.35. The zero-order valence-electron chi connectivity index (χ0n) is 10.9. The van der Waals surface area contributed by atoms with E-state index in [1.165, 1.54) is 12.1 Å². The van der Waals surface area contributed by atoms with E-state index in [4.69, 9.17) is 0 Å². The number of anilines is 1. The van der Waals surface area contributed by atoms with Gasteiger partial charge in [-0.15, -0.1) is 0 Å². The van der Waals surface area contributed by atoms with Gasteiger partial charge < -0.3 is 0 Å². The van der Waals surface area contributed by atoms with E-state index in [-0.39, 0.29) is 23.6 Å². The maximum atomic E-state index is 13.9. The number of Topliss-reactive ketones (excluding diaryl/α,β-unsaturated/α-hetero) is 2. The Labute approximate surface area is 119 Å². The van der Waals surface area contributed by atoms with Gasteiger partial charge in [-0.3, -0.25) is 19.3 Å². The summed E-state index contributed by atoms with van der Waals surface area (Å²) >= 11 is 0. The first-order valence-electron chi connectivity index (χ1n) is 6.32. The summed E-state index contributed by atoms with van der Waals surface area (Å²) in [6, 6.07) is 12.3. The van der Waals surface area contributed by atoms with Crippen molar-refractivity contribution in [1.82, 2.24) is 0 Å². The number of rotatable bonds is 3. The number of fused-ring (bicyclic) bond motifs is 1. The molecule has 21 heavy (non-hydrogen) atoms. The van der Waals surface area contributed by atoms with Crippen molar-refractivity contribution in [2.45, 2.75) is 0 Å². The van der Waals surface area contributed by atoms with E-state index in [9.17, 15) is 18.8 Å². The van der Waals surface area contributed by atoms with E-state index >= 15 is 0 Å². The standard InChI is InChI=1S/C16H10FNO3/c17-12-8-4-7-11-14(12)18(16(21)15(11)20)9-13(19)10-5-2-1-3-6-10/h1-8H,9H2. The molecule has 0 spiro atoms. The van der Waals surface area contributed by atoms with Crippen molar-refractivity contribution >= 4 is 23.2 Å². The van der Waals surface area contributed by atoms with E-state index in [2.05, 4.69) is 0 Å². The first-order chi connectivity index (χ1) is 10.1. The molecule has 104 valence electrons. The monoisotopic (exact) mass is 283 g/mol. The zero-order chi connectivity index (χ0) is 15.0. The molecule has 0 saturated heterocycles. The lowest BCUT2D eigenvalue weighted by molar-refractivity contribution is -0.114. The Morgan fingerprint density at radius 2 is 1.71 bits per heavy atom. The van der Waals surface area contributed by atoms with Crippen molar-refractivity contribution in [1.29, 1.82) is 0 Å². The van der Waals surface area contributed by atoms with E-state index in [1.807, 2.05) is 0 Å². The highest BCUT2D eigenvalue weighted by Gasteiger charge is 2.38. The van der Waals surface area contributed by atoms with Gasteiger partial charge in [0.1, 0.15) is 5.82 Å². The lowest BCUT2D eigenvalue weighted by atomic mass is 10.1. The summed E-state index contributed by atoms with van der Waals surface area (Å²) in [5.41, 5.74) is 0.292. The largest absolute Gasteiger partial charge is 0.299 e. The van der Waals surface area contributed by atoms with Crippen molar-refractivity contribution < 1.29 is 18.8 Å². The maximum Gasteiger partial charge on any atom is 0.299 e. The van der Waals surface area contributed by atoms with Gasteiger partial charge in [0.15, 0.2) is 5.78 Å². The fourth-order valence-corrected chi connectivity index (χ4v) is 2.32. The first kappa shape index (κ1) is 13.2. The van der Waals surface area contributed by atoms with Crippen LogP contribution in [0, 0.1) is 5.82 Å². The molecule has 2 aromatic rings. The van der Waals surface area contributed by atoms with Gasteiger partial charge in [0, 0.05) is 5.56 Å². The van der Waals surface area contributed by atoms with Gasteiger partial charge in [-0.2, -0.15) is 0 Å². The Kier molecular flexibility index (Phi) is 3.10. The first-order valence-corrected chi connectivity index (χ1v) is 6.32. The van der Waals surface area contributed by atoms with E-state index in [0.29, 0.717) is 5.56 Å². The number of ketones is 2. The third kappa shape index (κ3) is 2.12. The van der Waals surface area contributed by atoms with Crippen LogP contribution in [0.2, 0.25) is 0 Å². The number of para-hydroxylation sites is 1. The van der Waals surface area contributed by atoms with Crippen LogP contribution in [0.5, 0.6) is 0 Å². The van der Waals surface area contributed by atoms with Crippen molar-refractivity contribution in [2.75, 3.05) is 11.4 Å². The van der Waals surface area contributed by atoms with Gasteiger partial charge in [0.2, 0.25) is 0 Å². The normalized spacial score (nSPS) is 13.5. The fraction of sp³-hybridized carbons (Fsp3) is 0.0625. The van der Waals surface area contributed by atoms with Gasteiger partial charge in [-0.25, -0.2) is 4.39 Å². The van der Waals surface area contributed by atoms with E-state index < -0.39 is 17.5 Å². The Bertz CT molecular complexity index is 755. The molecule has 4 nitrogen and oxygen atoms in total. The number of carbonyl (C=O) groups is 3. The zero-order valence-corrected chi connectivity index (χ0v) is 10.9. The Morgan fingerprint density at radius 3 is 2.43 bits per heavy atom. The number of nitrogens with zero attached hydrogens (tertiary/aromatic N) is 1. The molecule has 0 fully saturated rings. The minimum absolute atomic E-state index is 0.000798. The number of carbonyl (C=O) groups excluding carboxylic acids is 3. The highest BCUT2D eigenvalue weighted by molar-refractivity contribution is 6.52. The molecule has 0 atom stereocenters. The number of hydrogen-bond acceptors (Lipinski definition) is 3. The number of benzene rings is 2. The van der Waals surface area contributed by atoms with Gasteiger partial charge in [-0.1, -0.05) is 36.4 Å². The third-order valence-electron chi connectivity index (χ3n) is 3.34. The van der Waals surface area contributed by atoms with Crippen molar-refractivity contribution in [3.63, 3.8) is 0 Å². The predicted octanol–water partition coefficient (Wildman–Crippen LogP) is 2.24. The van der Waals surface area contributed by atoms with Gasteiger partial charge in [0.05, 0.1) is 17.8 Å². The minimum Gasteiger partial charge on any atom is -0.294 e. The molecule has 1 aliphatic rings. The summed E-state index contributed by atoms with van der Waals surface area (Å²) in [5.74, 6) is -2.70. The Balaban J connectivity index is 1.96. The quantitative estimate of drug-likeness (QED) is 0.641. The summed E-state index contributed by atoms with van der Waals surface area (Å²) in [7, 11) is 0. The lowest BCUT2D eigenvalue weighted by Gasteiger charge is -2.16.